The molecule has 13 heavy (non-hydrogen) atoms. The monoisotopic (exact) mass is 197 g/mol. The lowest BCUT2D eigenvalue weighted by Crippen LogP contribution is -1.96. The van der Waals surface area contributed by atoms with Gasteiger partial charge in [0.15, 0.2) is 0 Å². The maximum Gasteiger partial charge on any atom is 0.335 e. The van der Waals surface area contributed by atoms with Gasteiger partial charge in [-0.2, -0.15) is 0 Å². The number of carboxylic acids is 1. The van der Waals surface area contributed by atoms with Gasteiger partial charge in [-0.3, -0.25) is 0 Å². The van der Waals surface area contributed by atoms with Crippen molar-refractivity contribution < 1.29 is 9.90 Å². The molecule has 0 atom stereocenters. The van der Waals surface area contributed by atoms with E-state index >= 15 is 0 Å². The SMILES string of the molecule is CCSNc1cccc(C(=O)O)c1. The van der Waals surface area contributed by atoms with E-state index < -0.39 is 5.97 Å². The van der Waals surface area contributed by atoms with Gasteiger partial charge in [0.05, 0.1) is 5.56 Å². The van der Waals surface area contributed by atoms with Gasteiger partial charge in [0.25, 0.3) is 0 Å². The normalized spacial score (nSPS) is 9.62. The number of hydrogen-bond donors (Lipinski definition) is 2. The number of benzene rings is 1. The van der Waals surface area contributed by atoms with Crippen molar-refractivity contribution in [3.63, 3.8) is 0 Å². The Labute approximate surface area is 81.3 Å². The molecule has 2 N–H and O–H groups in total. The second kappa shape index (κ2) is 4.77. The number of anilines is 1. The van der Waals surface area contributed by atoms with E-state index in [0.717, 1.165) is 11.4 Å². The molecule has 0 saturated carbocycles. The highest BCUT2D eigenvalue weighted by Gasteiger charge is 2.01. The van der Waals surface area contributed by atoms with Crippen LogP contribution in [0.15, 0.2) is 24.3 Å². The number of hydrogen-bond acceptors (Lipinski definition) is 3. The Morgan fingerprint density at radius 2 is 2.38 bits per heavy atom. The van der Waals surface area contributed by atoms with E-state index in [-0.39, 0.29) is 0 Å². The standard InChI is InChI=1S/C9H11NO2S/c1-2-13-10-8-5-3-4-7(6-8)9(11)12/h3-6,10H,2H2,1H3,(H,11,12). The van der Waals surface area contributed by atoms with E-state index in [1.165, 1.54) is 11.9 Å². The topological polar surface area (TPSA) is 49.3 Å². The van der Waals surface area contributed by atoms with Gasteiger partial charge in [0, 0.05) is 11.4 Å². The molecule has 0 unspecified atom stereocenters. The lowest BCUT2D eigenvalue weighted by Gasteiger charge is -2.03. The van der Waals surface area contributed by atoms with Crippen LogP contribution in [0.4, 0.5) is 5.69 Å². The molecule has 1 rings (SSSR count). The third kappa shape index (κ3) is 2.99. The van der Waals surface area contributed by atoms with Crippen molar-refractivity contribution >= 4 is 23.6 Å². The third-order valence-electron chi connectivity index (χ3n) is 1.44. The van der Waals surface area contributed by atoms with Crippen LogP contribution in [-0.4, -0.2) is 16.8 Å². The predicted molar refractivity (Wildman–Crippen MR) is 55.2 cm³/mol. The summed E-state index contributed by atoms with van der Waals surface area (Å²) in [5.74, 6) is 0.0438. The molecule has 0 aliphatic rings. The minimum absolute atomic E-state index is 0.307. The van der Waals surface area contributed by atoms with Crippen LogP contribution in [0.1, 0.15) is 17.3 Å². The molecule has 0 aliphatic heterocycles. The fourth-order valence-corrected chi connectivity index (χ4v) is 1.31. The van der Waals surface area contributed by atoms with Gasteiger partial charge >= 0.3 is 5.97 Å². The molecule has 0 amide bonds. The van der Waals surface area contributed by atoms with Crippen LogP contribution in [0.2, 0.25) is 0 Å². The van der Waals surface area contributed by atoms with Crippen LogP contribution in [-0.2, 0) is 0 Å². The van der Waals surface area contributed by atoms with Gasteiger partial charge in [-0.05, 0) is 18.2 Å². The van der Waals surface area contributed by atoms with Crippen LogP contribution < -0.4 is 4.72 Å². The van der Waals surface area contributed by atoms with Gasteiger partial charge < -0.3 is 9.83 Å². The average Bonchev–Trinajstić information content (AvgIpc) is 2.15. The Kier molecular flexibility index (Phi) is 3.64. The first-order valence-corrected chi connectivity index (χ1v) is 4.93. The molecule has 0 fully saturated rings. The second-order valence-corrected chi connectivity index (χ2v) is 3.49. The van der Waals surface area contributed by atoms with E-state index in [9.17, 15) is 4.79 Å². The Morgan fingerprint density at radius 1 is 1.62 bits per heavy atom. The molecule has 0 heterocycles. The lowest BCUT2D eigenvalue weighted by molar-refractivity contribution is 0.0697. The quantitative estimate of drug-likeness (QED) is 0.728. The smallest absolute Gasteiger partial charge is 0.335 e. The maximum absolute atomic E-state index is 10.6. The number of rotatable bonds is 4. The first-order valence-electron chi connectivity index (χ1n) is 3.95. The number of nitrogens with one attached hydrogen (secondary N) is 1. The second-order valence-electron chi connectivity index (χ2n) is 2.42. The van der Waals surface area contributed by atoms with E-state index in [1.54, 1.807) is 18.2 Å². The largest absolute Gasteiger partial charge is 0.478 e. The summed E-state index contributed by atoms with van der Waals surface area (Å²) in [6.45, 7) is 2.03. The van der Waals surface area contributed by atoms with Crippen molar-refractivity contribution in [2.75, 3.05) is 10.5 Å². The molecule has 3 nitrogen and oxygen atoms in total. The van der Waals surface area contributed by atoms with Crippen LogP contribution >= 0.6 is 11.9 Å². The van der Waals surface area contributed by atoms with Crippen molar-refractivity contribution in [1.29, 1.82) is 0 Å². The zero-order chi connectivity index (χ0) is 9.68. The van der Waals surface area contributed by atoms with E-state index in [2.05, 4.69) is 4.72 Å². The maximum atomic E-state index is 10.6. The minimum atomic E-state index is -0.898. The highest BCUT2D eigenvalue weighted by atomic mass is 32.2. The summed E-state index contributed by atoms with van der Waals surface area (Å²) < 4.78 is 3.04. The van der Waals surface area contributed by atoms with Crippen molar-refractivity contribution in [1.82, 2.24) is 0 Å². The van der Waals surface area contributed by atoms with E-state index in [4.69, 9.17) is 5.11 Å². The van der Waals surface area contributed by atoms with Crippen molar-refractivity contribution in [3.8, 4) is 0 Å². The minimum Gasteiger partial charge on any atom is -0.478 e. The molecule has 0 saturated heterocycles. The summed E-state index contributed by atoms with van der Waals surface area (Å²) >= 11 is 1.54. The summed E-state index contributed by atoms with van der Waals surface area (Å²) in [5.41, 5.74) is 1.13. The zero-order valence-electron chi connectivity index (χ0n) is 7.28. The van der Waals surface area contributed by atoms with Crippen LogP contribution in [0.5, 0.6) is 0 Å². The number of carbonyl (C=O) groups is 1. The highest BCUT2D eigenvalue weighted by molar-refractivity contribution is 8.00. The molecular formula is C9H11NO2S. The summed E-state index contributed by atoms with van der Waals surface area (Å²) in [6, 6.07) is 6.76. The Morgan fingerprint density at radius 3 is 3.00 bits per heavy atom. The molecule has 4 heteroatoms. The molecule has 70 valence electrons. The molecule has 0 aliphatic carbocycles. The van der Waals surface area contributed by atoms with Crippen molar-refractivity contribution in [2.45, 2.75) is 6.92 Å². The van der Waals surface area contributed by atoms with Crippen molar-refractivity contribution in [3.05, 3.63) is 29.8 Å². The molecular weight excluding hydrogens is 186 g/mol. The number of aromatic carboxylic acids is 1. The van der Waals surface area contributed by atoms with E-state index in [0.29, 0.717) is 5.56 Å². The van der Waals surface area contributed by atoms with Crippen LogP contribution in [0.25, 0.3) is 0 Å². The molecule has 0 aromatic heterocycles. The molecule has 0 spiro atoms. The van der Waals surface area contributed by atoms with E-state index in [1.807, 2.05) is 13.0 Å². The van der Waals surface area contributed by atoms with Gasteiger partial charge in [0.1, 0.15) is 0 Å². The summed E-state index contributed by atoms with van der Waals surface area (Å²) in [7, 11) is 0. The highest BCUT2D eigenvalue weighted by Crippen LogP contribution is 2.14. The molecule has 1 aromatic rings. The Balaban J connectivity index is 2.73. The van der Waals surface area contributed by atoms with Crippen molar-refractivity contribution in [2.24, 2.45) is 0 Å². The van der Waals surface area contributed by atoms with Crippen LogP contribution in [0, 0.1) is 0 Å². The van der Waals surface area contributed by atoms with Gasteiger partial charge in [0.2, 0.25) is 0 Å². The molecule has 1 aromatic carbocycles. The predicted octanol–water partition coefficient (Wildman–Crippen LogP) is 2.46. The summed E-state index contributed by atoms with van der Waals surface area (Å²) in [6.07, 6.45) is 0. The summed E-state index contributed by atoms with van der Waals surface area (Å²) in [4.78, 5) is 10.6. The van der Waals surface area contributed by atoms with Crippen LogP contribution in [0.3, 0.4) is 0 Å². The van der Waals surface area contributed by atoms with Gasteiger partial charge in [-0.25, -0.2) is 4.79 Å². The summed E-state index contributed by atoms with van der Waals surface area (Å²) in [5, 5.41) is 8.70. The Bertz CT molecular complexity index is 301. The Hall–Kier alpha value is -1.16. The third-order valence-corrected chi connectivity index (χ3v) is 2.11. The number of carboxylic acid groups (broad SMARTS) is 1. The molecule has 0 radical (unpaired) electrons. The lowest BCUT2D eigenvalue weighted by atomic mass is 10.2. The fraction of sp³-hybridized carbons (Fsp3) is 0.222. The average molecular weight is 197 g/mol. The fourth-order valence-electron chi connectivity index (χ4n) is 0.871. The van der Waals surface area contributed by atoms with Gasteiger partial charge in [-0.15, -0.1) is 0 Å². The zero-order valence-corrected chi connectivity index (χ0v) is 8.10. The van der Waals surface area contributed by atoms with Gasteiger partial charge in [-0.1, -0.05) is 24.9 Å². The first-order chi connectivity index (χ1) is 6.24. The first kappa shape index (κ1) is 9.92. The molecule has 0 bridgehead atoms.